The van der Waals surface area contributed by atoms with Crippen LogP contribution in [0.1, 0.15) is 11.6 Å². The maximum atomic E-state index is 11.1. The van der Waals surface area contributed by atoms with Crippen molar-refractivity contribution in [1.29, 1.82) is 0 Å². The maximum Gasteiger partial charge on any atom is 0.330 e. The quantitative estimate of drug-likeness (QED) is 0.791. The number of ether oxygens (including phenoxy) is 1. The zero-order chi connectivity index (χ0) is 14.4. The van der Waals surface area contributed by atoms with Gasteiger partial charge in [-0.05, 0) is 29.8 Å². The van der Waals surface area contributed by atoms with Gasteiger partial charge in [-0.25, -0.2) is 4.79 Å². The van der Waals surface area contributed by atoms with Crippen molar-refractivity contribution in [2.75, 3.05) is 0 Å². The fourth-order valence-corrected chi connectivity index (χ4v) is 1.76. The predicted octanol–water partition coefficient (Wildman–Crippen LogP) is 2.35. The minimum atomic E-state index is -1.13. The number of rotatable bonds is 6. The van der Waals surface area contributed by atoms with Crippen molar-refractivity contribution in [1.82, 2.24) is 5.32 Å². The van der Waals surface area contributed by atoms with Crippen LogP contribution in [0.5, 0.6) is 11.5 Å². The second-order valence-electron chi connectivity index (χ2n) is 4.04. The monoisotopic (exact) mass is 271 g/mol. The Morgan fingerprint density at radius 2 is 1.80 bits per heavy atom. The van der Waals surface area contributed by atoms with E-state index < -0.39 is 12.0 Å². The molecule has 0 spiro atoms. The third-order valence-electron chi connectivity index (χ3n) is 2.65. The van der Waals surface area contributed by atoms with Gasteiger partial charge in [-0.2, -0.15) is 0 Å². The van der Waals surface area contributed by atoms with Crippen molar-refractivity contribution < 1.29 is 19.4 Å². The Labute approximate surface area is 115 Å². The third kappa shape index (κ3) is 3.35. The Morgan fingerprint density at radius 1 is 1.10 bits per heavy atom. The number of aliphatic carboxylic acids is 1. The van der Waals surface area contributed by atoms with Crippen LogP contribution in [0, 0.1) is 0 Å². The van der Waals surface area contributed by atoms with Crippen LogP contribution < -0.4 is 10.1 Å². The summed E-state index contributed by atoms with van der Waals surface area (Å²) in [7, 11) is 0. The lowest BCUT2D eigenvalue weighted by Crippen LogP contribution is -2.27. The molecule has 2 aromatic rings. The summed E-state index contributed by atoms with van der Waals surface area (Å²) in [6.07, 6.45) is 0.365. The van der Waals surface area contributed by atoms with Crippen molar-refractivity contribution in [2.45, 2.75) is 6.04 Å². The molecule has 5 heteroatoms. The molecule has 20 heavy (non-hydrogen) atoms. The Kier molecular flexibility index (Phi) is 4.34. The van der Waals surface area contributed by atoms with Crippen LogP contribution in [-0.2, 0) is 9.59 Å². The lowest BCUT2D eigenvalue weighted by molar-refractivity contribution is -0.140. The Bertz CT molecular complexity index is 598. The number of amides is 1. The van der Waals surface area contributed by atoms with Gasteiger partial charge >= 0.3 is 5.97 Å². The van der Waals surface area contributed by atoms with E-state index in [1.165, 1.54) is 0 Å². The van der Waals surface area contributed by atoms with E-state index in [1.807, 2.05) is 18.2 Å². The molecule has 2 rings (SSSR count). The minimum absolute atomic E-state index is 0.365. The van der Waals surface area contributed by atoms with Gasteiger partial charge in [-0.3, -0.25) is 4.79 Å². The molecule has 0 fully saturated rings. The second kappa shape index (κ2) is 6.38. The number of carbonyl (C=O) groups excluding carboxylic acids is 1. The molecule has 0 heterocycles. The van der Waals surface area contributed by atoms with Gasteiger partial charge in [0, 0.05) is 0 Å². The van der Waals surface area contributed by atoms with Crippen molar-refractivity contribution in [3.63, 3.8) is 0 Å². The molecule has 0 saturated heterocycles. The van der Waals surface area contributed by atoms with Crippen molar-refractivity contribution >= 4 is 12.4 Å². The number of carboxylic acid groups (broad SMARTS) is 1. The van der Waals surface area contributed by atoms with Gasteiger partial charge in [0.2, 0.25) is 6.41 Å². The summed E-state index contributed by atoms with van der Waals surface area (Å²) in [6, 6.07) is 14.7. The second-order valence-corrected chi connectivity index (χ2v) is 4.04. The summed E-state index contributed by atoms with van der Waals surface area (Å²) in [4.78, 5) is 21.6. The fraction of sp³-hybridized carbons (Fsp3) is 0.0667. The van der Waals surface area contributed by atoms with Gasteiger partial charge in [0.15, 0.2) is 6.04 Å². The highest BCUT2D eigenvalue weighted by Gasteiger charge is 2.19. The normalized spacial score (nSPS) is 11.4. The average Bonchev–Trinajstić information content (AvgIpc) is 2.46. The van der Waals surface area contributed by atoms with Crippen LogP contribution in [-0.4, -0.2) is 17.5 Å². The number of hydrogen-bond acceptors (Lipinski definition) is 3. The Morgan fingerprint density at radius 3 is 2.45 bits per heavy atom. The van der Waals surface area contributed by atoms with E-state index in [4.69, 9.17) is 9.84 Å². The number of benzene rings is 2. The maximum absolute atomic E-state index is 11.1. The molecule has 5 nitrogen and oxygen atoms in total. The van der Waals surface area contributed by atoms with E-state index in [2.05, 4.69) is 5.32 Å². The van der Waals surface area contributed by atoms with Crippen LogP contribution in [0.2, 0.25) is 0 Å². The molecule has 102 valence electrons. The Balaban J connectivity index is 2.23. The van der Waals surface area contributed by atoms with E-state index >= 15 is 0 Å². The van der Waals surface area contributed by atoms with Crippen molar-refractivity contribution in [3.05, 3.63) is 60.2 Å². The lowest BCUT2D eigenvalue weighted by atomic mass is 10.1. The molecule has 2 aromatic carbocycles. The molecule has 1 atom stereocenters. The first-order chi connectivity index (χ1) is 9.70. The standard InChI is InChI=1S/C15H13NO4/c17-10-16-14(15(18)19)11-5-4-8-13(9-11)20-12-6-2-1-3-7-12/h1-10,14H,(H,16,17)(H,18,19). The molecular formula is C15H13NO4. The topological polar surface area (TPSA) is 75.6 Å². The Hall–Kier alpha value is -2.82. The largest absolute Gasteiger partial charge is 0.479 e. The van der Waals surface area contributed by atoms with E-state index in [1.54, 1.807) is 36.4 Å². The van der Waals surface area contributed by atoms with Crippen molar-refractivity contribution in [2.24, 2.45) is 0 Å². The number of carbonyl (C=O) groups is 2. The molecule has 0 bridgehead atoms. The molecule has 0 aromatic heterocycles. The highest BCUT2D eigenvalue weighted by Crippen LogP contribution is 2.24. The van der Waals surface area contributed by atoms with Gasteiger partial charge in [0.05, 0.1) is 0 Å². The first kappa shape index (κ1) is 13.6. The summed E-state index contributed by atoms with van der Waals surface area (Å²) in [5.41, 5.74) is 0.443. The lowest BCUT2D eigenvalue weighted by Gasteiger charge is -2.13. The van der Waals surface area contributed by atoms with E-state index in [-0.39, 0.29) is 0 Å². The van der Waals surface area contributed by atoms with Crippen LogP contribution in [0.3, 0.4) is 0 Å². The molecule has 2 N–H and O–H groups in total. The van der Waals surface area contributed by atoms with Gasteiger partial charge in [0.25, 0.3) is 0 Å². The van der Waals surface area contributed by atoms with Gasteiger partial charge in [-0.1, -0.05) is 30.3 Å². The molecule has 1 unspecified atom stereocenters. The smallest absolute Gasteiger partial charge is 0.330 e. The summed E-state index contributed by atoms with van der Waals surface area (Å²) >= 11 is 0. The molecule has 0 aliphatic rings. The highest BCUT2D eigenvalue weighted by molar-refractivity contribution is 5.78. The summed E-state index contributed by atoms with van der Waals surface area (Å²) in [6.45, 7) is 0. The molecule has 0 radical (unpaired) electrons. The van der Waals surface area contributed by atoms with E-state index in [0.717, 1.165) is 0 Å². The SMILES string of the molecule is O=CNC(C(=O)O)c1cccc(Oc2ccccc2)c1. The molecule has 0 aliphatic heterocycles. The predicted molar refractivity (Wildman–Crippen MR) is 72.5 cm³/mol. The zero-order valence-corrected chi connectivity index (χ0v) is 10.5. The summed E-state index contributed by atoms with van der Waals surface area (Å²) in [5.74, 6) is 0.0291. The minimum Gasteiger partial charge on any atom is -0.479 e. The van der Waals surface area contributed by atoms with Crippen LogP contribution in [0.25, 0.3) is 0 Å². The fourth-order valence-electron chi connectivity index (χ4n) is 1.76. The van der Waals surface area contributed by atoms with Gasteiger partial charge < -0.3 is 15.2 Å². The van der Waals surface area contributed by atoms with Gasteiger partial charge in [0.1, 0.15) is 11.5 Å². The highest BCUT2D eigenvalue weighted by atomic mass is 16.5. The van der Waals surface area contributed by atoms with Crippen LogP contribution in [0.4, 0.5) is 0 Å². The number of para-hydroxylation sites is 1. The number of nitrogens with one attached hydrogen (secondary N) is 1. The first-order valence-corrected chi connectivity index (χ1v) is 5.96. The third-order valence-corrected chi connectivity index (χ3v) is 2.65. The summed E-state index contributed by atoms with van der Waals surface area (Å²) in [5, 5.41) is 11.3. The van der Waals surface area contributed by atoms with Crippen LogP contribution >= 0.6 is 0 Å². The summed E-state index contributed by atoms with van der Waals surface area (Å²) < 4.78 is 5.62. The molecular weight excluding hydrogens is 258 g/mol. The number of hydrogen-bond donors (Lipinski definition) is 2. The zero-order valence-electron chi connectivity index (χ0n) is 10.5. The van der Waals surface area contributed by atoms with E-state index in [9.17, 15) is 9.59 Å². The van der Waals surface area contributed by atoms with Gasteiger partial charge in [-0.15, -0.1) is 0 Å². The van der Waals surface area contributed by atoms with Crippen molar-refractivity contribution in [3.8, 4) is 11.5 Å². The molecule has 0 aliphatic carbocycles. The first-order valence-electron chi connectivity index (χ1n) is 5.96. The average molecular weight is 271 g/mol. The molecule has 1 amide bonds. The van der Waals surface area contributed by atoms with Crippen LogP contribution in [0.15, 0.2) is 54.6 Å². The van der Waals surface area contributed by atoms with E-state index in [0.29, 0.717) is 23.5 Å². The molecule has 0 saturated carbocycles. The number of carboxylic acids is 1.